The molecule has 0 aromatic carbocycles. The first-order valence-corrected chi connectivity index (χ1v) is 4.37. The van der Waals surface area contributed by atoms with E-state index in [1.165, 1.54) is 6.20 Å². The molecular weight excluding hydrogens is 186 g/mol. The highest BCUT2D eigenvalue weighted by molar-refractivity contribution is 5.91. The number of amides is 1. The fourth-order valence-corrected chi connectivity index (χ4v) is 0.905. The van der Waals surface area contributed by atoms with Gasteiger partial charge in [-0.05, 0) is 6.42 Å². The standard InChI is InChI=1S/C8H13N3O3/c1-2-5(12)3-9-7(13)6-4-10-8(14)11-6/h4-5,12H,2-3H2,1H3,(H,9,13)(H2,10,11,14). The molecule has 0 saturated heterocycles. The van der Waals surface area contributed by atoms with Crippen LogP contribution in [0.1, 0.15) is 23.8 Å². The number of aromatic nitrogens is 2. The minimum Gasteiger partial charge on any atom is -0.391 e. The molecule has 0 radical (unpaired) electrons. The van der Waals surface area contributed by atoms with Gasteiger partial charge in [0.15, 0.2) is 0 Å². The molecule has 0 aliphatic rings. The molecule has 1 aromatic rings. The van der Waals surface area contributed by atoms with E-state index in [4.69, 9.17) is 5.11 Å². The molecule has 78 valence electrons. The Morgan fingerprint density at radius 1 is 1.71 bits per heavy atom. The van der Waals surface area contributed by atoms with Gasteiger partial charge in [-0.3, -0.25) is 4.79 Å². The summed E-state index contributed by atoms with van der Waals surface area (Å²) in [6.45, 7) is 2.00. The highest BCUT2D eigenvalue weighted by Gasteiger charge is 2.08. The van der Waals surface area contributed by atoms with Gasteiger partial charge in [-0.2, -0.15) is 0 Å². The molecule has 4 N–H and O–H groups in total. The van der Waals surface area contributed by atoms with Crippen LogP contribution >= 0.6 is 0 Å². The third-order valence-corrected chi connectivity index (χ3v) is 1.81. The maximum Gasteiger partial charge on any atom is 0.323 e. The number of aliphatic hydroxyl groups is 1. The first kappa shape index (κ1) is 10.5. The monoisotopic (exact) mass is 199 g/mol. The molecule has 1 unspecified atom stereocenters. The highest BCUT2D eigenvalue weighted by Crippen LogP contribution is 1.90. The number of imidazole rings is 1. The molecule has 1 atom stereocenters. The summed E-state index contributed by atoms with van der Waals surface area (Å²) >= 11 is 0. The highest BCUT2D eigenvalue weighted by atomic mass is 16.3. The Labute approximate surface area is 80.4 Å². The van der Waals surface area contributed by atoms with Gasteiger partial charge in [0.1, 0.15) is 5.69 Å². The van der Waals surface area contributed by atoms with Crippen molar-refractivity contribution in [1.82, 2.24) is 15.3 Å². The number of aromatic amines is 2. The smallest absolute Gasteiger partial charge is 0.323 e. The van der Waals surface area contributed by atoms with Gasteiger partial charge < -0.3 is 20.4 Å². The first-order chi connectivity index (χ1) is 6.63. The molecule has 6 heteroatoms. The quantitative estimate of drug-likeness (QED) is 0.511. The minimum absolute atomic E-state index is 0.165. The number of carbonyl (C=O) groups is 1. The normalized spacial score (nSPS) is 12.4. The van der Waals surface area contributed by atoms with Crippen molar-refractivity contribution in [1.29, 1.82) is 0 Å². The van der Waals surface area contributed by atoms with Crippen LogP contribution < -0.4 is 11.0 Å². The molecule has 0 spiro atoms. The third-order valence-electron chi connectivity index (χ3n) is 1.81. The summed E-state index contributed by atoms with van der Waals surface area (Å²) in [4.78, 5) is 26.5. The molecule has 1 amide bonds. The summed E-state index contributed by atoms with van der Waals surface area (Å²) in [5, 5.41) is 11.6. The predicted molar refractivity (Wildman–Crippen MR) is 50.0 cm³/mol. The fraction of sp³-hybridized carbons (Fsp3) is 0.500. The Hall–Kier alpha value is -1.56. The maximum absolute atomic E-state index is 11.3. The Bertz CT molecular complexity index is 355. The Morgan fingerprint density at radius 3 is 2.93 bits per heavy atom. The lowest BCUT2D eigenvalue weighted by Gasteiger charge is -2.07. The molecule has 6 nitrogen and oxygen atoms in total. The van der Waals surface area contributed by atoms with Crippen LogP contribution in [0.2, 0.25) is 0 Å². The topological polar surface area (TPSA) is 98.0 Å². The third kappa shape index (κ3) is 2.74. The number of hydrogen-bond acceptors (Lipinski definition) is 3. The second kappa shape index (κ2) is 4.61. The van der Waals surface area contributed by atoms with Gasteiger partial charge in [0, 0.05) is 12.7 Å². The summed E-state index contributed by atoms with van der Waals surface area (Å²) in [5.74, 6) is -0.407. The molecule has 0 aliphatic heterocycles. The Kier molecular flexibility index (Phi) is 3.47. The van der Waals surface area contributed by atoms with Gasteiger partial charge in [-0.15, -0.1) is 0 Å². The van der Waals surface area contributed by atoms with Crippen LogP contribution in [0.25, 0.3) is 0 Å². The van der Waals surface area contributed by atoms with Crippen LogP contribution in [0.5, 0.6) is 0 Å². The van der Waals surface area contributed by atoms with Crippen LogP contribution in [0, 0.1) is 0 Å². The predicted octanol–water partition coefficient (Wildman–Crippen LogP) is -0.796. The Morgan fingerprint density at radius 2 is 2.43 bits per heavy atom. The maximum atomic E-state index is 11.3. The number of aliphatic hydroxyl groups excluding tert-OH is 1. The SMILES string of the molecule is CCC(O)CNC(=O)c1c[nH]c(=O)[nH]1. The van der Waals surface area contributed by atoms with Crippen molar-refractivity contribution < 1.29 is 9.90 Å². The fourth-order valence-electron chi connectivity index (χ4n) is 0.905. The van der Waals surface area contributed by atoms with E-state index in [1.54, 1.807) is 0 Å². The second-order valence-electron chi connectivity index (χ2n) is 2.93. The molecule has 0 aliphatic carbocycles. The second-order valence-corrected chi connectivity index (χ2v) is 2.93. The van der Waals surface area contributed by atoms with E-state index < -0.39 is 17.7 Å². The van der Waals surface area contributed by atoms with Crippen molar-refractivity contribution >= 4 is 5.91 Å². The van der Waals surface area contributed by atoms with Gasteiger partial charge in [0.2, 0.25) is 0 Å². The summed E-state index contributed by atoms with van der Waals surface area (Å²) in [6, 6.07) is 0. The van der Waals surface area contributed by atoms with Gasteiger partial charge in [-0.1, -0.05) is 6.92 Å². The van der Waals surface area contributed by atoms with Crippen molar-refractivity contribution in [3.8, 4) is 0 Å². The van der Waals surface area contributed by atoms with Crippen LogP contribution in [0.15, 0.2) is 11.0 Å². The number of nitrogens with one attached hydrogen (secondary N) is 3. The number of hydrogen-bond donors (Lipinski definition) is 4. The number of H-pyrrole nitrogens is 2. The molecule has 1 rings (SSSR count). The van der Waals surface area contributed by atoms with Gasteiger partial charge in [0.25, 0.3) is 5.91 Å². The summed E-state index contributed by atoms with van der Waals surface area (Å²) in [6.07, 6.45) is 1.31. The zero-order chi connectivity index (χ0) is 10.6. The van der Waals surface area contributed by atoms with Crippen LogP contribution in [-0.4, -0.2) is 33.6 Å². The average Bonchev–Trinajstić information content (AvgIpc) is 2.60. The van der Waals surface area contributed by atoms with E-state index in [2.05, 4.69) is 15.3 Å². The van der Waals surface area contributed by atoms with Gasteiger partial charge in [-0.25, -0.2) is 4.79 Å². The molecule has 1 heterocycles. The van der Waals surface area contributed by atoms with E-state index in [1.807, 2.05) is 6.92 Å². The van der Waals surface area contributed by atoms with E-state index in [0.29, 0.717) is 6.42 Å². The summed E-state index contributed by atoms with van der Waals surface area (Å²) in [5.41, 5.74) is -0.260. The zero-order valence-electron chi connectivity index (χ0n) is 7.83. The summed E-state index contributed by atoms with van der Waals surface area (Å²) in [7, 11) is 0. The van der Waals surface area contributed by atoms with E-state index in [0.717, 1.165) is 0 Å². The number of rotatable bonds is 4. The largest absolute Gasteiger partial charge is 0.391 e. The first-order valence-electron chi connectivity index (χ1n) is 4.37. The van der Waals surface area contributed by atoms with Crippen LogP contribution in [0.4, 0.5) is 0 Å². The van der Waals surface area contributed by atoms with E-state index in [9.17, 15) is 9.59 Å². The van der Waals surface area contributed by atoms with Crippen molar-refractivity contribution in [2.24, 2.45) is 0 Å². The van der Waals surface area contributed by atoms with E-state index >= 15 is 0 Å². The lowest BCUT2D eigenvalue weighted by molar-refractivity contribution is 0.0909. The van der Waals surface area contributed by atoms with Crippen molar-refractivity contribution in [3.63, 3.8) is 0 Å². The van der Waals surface area contributed by atoms with Gasteiger partial charge >= 0.3 is 5.69 Å². The van der Waals surface area contributed by atoms with Crippen LogP contribution in [0.3, 0.4) is 0 Å². The van der Waals surface area contributed by atoms with Crippen LogP contribution in [-0.2, 0) is 0 Å². The van der Waals surface area contributed by atoms with Gasteiger partial charge in [0.05, 0.1) is 6.10 Å². The lowest BCUT2D eigenvalue weighted by atomic mass is 10.3. The molecule has 14 heavy (non-hydrogen) atoms. The molecule has 0 fully saturated rings. The molecular formula is C8H13N3O3. The summed E-state index contributed by atoms with van der Waals surface area (Å²) < 4.78 is 0. The zero-order valence-corrected chi connectivity index (χ0v) is 7.83. The number of carbonyl (C=O) groups excluding carboxylic acids is 1. The minimum atomic E-state index is -0.551. The molecule has 1 aromatic heterocycles. The van der Waals surface area contributed by atoms with Crippen molar-refractivity contribution in [2.45, 2.75) is 19.4 Å². The van der Waals surface area contributed by atoms with Crippen molar-refractivity contribution in [3.05, 3.63) is 22.4 Å². The molecule has 0 saturated carbocycles. The lowest BCUT2D eigenvalue weighted by Crippen LogP contribution is -2.32. The molecule has 0 bridgehead atoms. The Balaban J connectivity index is 2.47. The van der Waals surface area contributed by atoms with Crippen molar-refractivity contribution in [2.75, 3.05) is 6.54 Å². The van der Waals surface area contributed by atoms with E-state index in [-0.39, 0.29) is 12.2 Å². The average molecular weight is 199 g/mol.